The summed E-state index contributed by atoms with van der Waals surface area (Å²) in [5.74, 6) is 0.596. The van der Waals surface area contributed by atoms with Crippen molar-refractivity contribution in [3.05, 3.63) is 101 Å². The fourth-order valence-electron chi connectivity index (χ4n) is 2.42. The SMILES string of the molecule is CC(N=Cc1ccc(OCc2ccccc2)cc1)c1ccc(F)cc1. The minimum Gasteiger partial charge on any atom is -0.489 e. The Labute approximate surface area is 147 Å². The van der Waals surface area contributed by atoms with Crippen molar-refractivity contribution >= 4 is 6.21 Å². The molecule has 0 amide bonds. The van der Waals surface area contributed by atoms with E-state index < -0.39 is 0 Å². The Morgan fingerprint density at radius 3 is 2.28 bits per heavy atom. The molecule has 126 valence electrons. The number of hydrogen-bond acceptors (Lipinski definition) is 2. The van der Waals surface area contributed by atoms with Crippen molar-refractivity contribution in [3.8, 4) is 5.75 Å². The van der Waals surface area contributed by atoms with Crippen molar-refractivity contribution < 1.29 is 9.13 Å². The van der Waals surface area contributed by atoms with E-state index in [9.17, 15) is 4.39 Å². The highest BCUT2D eigenvalue weighted by Crippen LogP contribution is 2.18. The molecule has 3 aromatic rings. The highest BCUT2D eigenvalue weighted by Gasteiger charge is 2.02. The van der Waals surface area contributed by atoms with Crippen molar-refractivity contribution in [2.45, 2.75) is 19.6 Å². The lowest BCUT2D eigenvalue weighted by Crippen LogP contribution is -1.95. The second-order valence-electron chi connectivity index (χ2n) is 5.85. The predicted octanol–water partition coefficient (Wildman–Crippen LogP) is 5.58. The van der Waals surface area contributed by atoms with Gasteiger partial charge in [0, 0.05) is 6.21 Å². The molecule has 0 aliphatic carbocycles. The summed E-state index contributed by atoms with van der Waals surface area (Å²) in [6.45, 7) is 2.54. The summed E-state index contributed by atoms with van der Waals surface area (Å²) < 4.78 is 18.7. The van der Waals surface area contributed by atoms with Gasteiger partial charge in [0.1, 0.15) is 18.2 Å². The highest BCUT2D eigenvalue weighted by atomic mass is 19.1. The minimum atomic E-state index is -0.231. The third-order valence-electron chi connectivity index (χ3n) is 3.93. The smallest absolute Gasteiger partial charge is 0.123 e. The van der Waals surface area contributed by atoms with Crippen LogP contribution in [0.2, 0.25) is 0 Å². The molecule has 0 N–H and O–H groups in total. The zero-order chi connectivity index (χ0) is 17.5. The van der Waals surface area contributed by atoms with Crippen molar-refractivity contribution in [1.29, 1.82) is 0 Å². The molecule has 2 nitrogen and oxygen atoms in total. The first-order valence-corrected chi connectivity index (χ1v) is 8.26. The van der Waals surface area contributed by atoms with E-state index in [1.54, 1.807) is 12.1 Å². The Morgan fingerprint density at radius 1 is 0.920 bits per heavy atom. The standard InChI is InChI=1S/C22H20FNO/c1-17(20-9-11-21(23)12-10-20)24-15-18-7-13-22(14-8-18)25-16-19-5-3-2-4-6-19/h2-15,17H,16H2,1H3. The first kappa shape index (κ1) is 16.9. The lowest BCUT2D eigenvalue weighted by atomic mass is 10.1. The minimum absolute atomic E-state index is 0.0189. The molecule has 0 bridgehead atoms. The van der Waals surface area contributed by atoms with Gasteiger partial charge in [-0.15, -0.1) is 0 Å². The van der Waals surface area contributed by atoms with E-state index in [0.29, 0.717) is 6.61 Å². The van der Waals surface area contributed by atoms with Gasteiger partial charge in [0.15, 0.2) is 0 Å². The van der Waals surface area contributed by atoms with E-state index in [1.165, 1.54) is 12.1 Å². The Hall–Kier alpha value is -2.94. The normalized spacial score (nSPS) is 12.2. The maximum atomic E-state index is 13.0. The van der Waals surface area contributed by atoms with Gasteiger partial charge in [-0.25, -0.2) is 4.39 Å². The quantitative estimate of drug-likeness (QED) is 0.539. The van der Waals surface area contributed by atoms with Gasteiger partial charge in [0.25, 0.3) is 0 Å². The molecular formula is C22H20FNO. The summed E-state index contributed by atoms with van der Waals surface area (Å²) >= 11 is 0. The molecule has 0 aliphatic heterocycles. The van der Waals surface area contributed by atoms with Gasteiger partial charge in [0.05, 0.1) is 6.04 Å². The topological polar surface area (TPSA) is 21.6 Å². The average Bonchev–Trinajstić information content (AvgIpc) is 2.67. The average molecular weight is 333 g/mol. The molecule has 0 heterocycles. The Kier molecular flexibility index (Phi) is 5.57. The van der Waals surface area contributed by atoms with Gasteiger partial charge in [-0.1, -0.05) is 42.5 Å². The maximum Gasteiger partial charge on any atom is 0.123 e. The number of aliphatic imine (C=N–C) groups is 1. The van der Waals surface area contributed by atoms with Gasteiger partial charge in [-0.2, -0.15) is 0 Å². The van der Waals surface area contributed by atoms with Gasteiger partial charge in [-0.05, 0) is 60.0 Å². The largest absolute Gasteiger partial charge is 0.489 e. The number of benzene rings is 3. The fourth-order valence-corrected chi connectivity index (χ4v) is 2.42. The second-order valence-corrected chi connectivity index (χ2v) is 5.85. The number of halogens is 1. The van der Waals surface area contributed by atoms with Crippen LogP contribution in [-0.2, 0) is 6.61 Å². The van der Waals surface area contributed by atoms with Gasteiger partial charge in [-0.3, -0.25) is 4.99 Å². The lowest BCUT2D eigenvalue weighted by Gasteiger charge is -2.07. The molecule has 0 aliphatic rings. The summed E-state index contributed by atoms with van der Waals surface area (Å²) in [7, 11) is 0. The van der Waals surface area contributed by atoms with Crippen LogP contribution in [0.15, 0.2) is 83.9 Å². The van der Waals surface area contributed by atoms with E-state index in [0.717, 1.165) is 22.4 Å². The lowest BCUT2D eigenvalue weighted by molar-refractivity contribution is 0.306. The second kappa shape index (κ2) is 8.25. The van der Waals surface area contributed by atoms with Crippen LogP contribution < -0.4 is 4.74 Å². The number of rotatable bonds is 6. The van der Waals surface area contributed by atoms with E-state index in [4.69, 9.17) is 4.74 Å². The van der Waals surface area contributed by atoms with Crippen LogP contribution in [0.3, 0.4) is 0 Å². The Balaban J connectivity index is 1.57. The summed E-state index contributed by atoms with van der Waals surface area (Å²) in [5.41, 5.74) is 3.13. The summed E-state index contributed by atoms with van der Waals surface area (Å²) in [6, 6.07) is 24.3. The molecule has 3 aromatic carbocycles. The maximum absolute atomic E-state index is 13.0. The molecule has 0 fully saturated rings. The summed E-state index contributed by atoms with van der Waals surface area (Å²) in [4.78, 5) is 4.53. The molecule has 3 heteroatoms. The molecule has 25 heavy (non-hydrogen) atoms. The van der Waals surface area contributed by atoms with Gasteiger partial charge in [0.2, 0.25) is 0 Å². The molecule has 1 atom stereocenters. The molecule has 0 radical (unpaired) electrons. The van der Waals surface area contributed by atoms with Crippen LogP contribution in [0, 0.1) is 5.82 Å². The van der Waals surface area contributed by atoms with Crippen LogP contribution in [0.25, 0.3) is 0 Å². The Morgan fingerprint density at radius 2 is 1.60 bits per heavy atom. The highest BCUT2D eigenvalue weighted by molar-refractivity contribution is 5.79. The van der Waals surface area contributed by atoms with E-state index in [1.807, 2.05) is 67.7 Å². The van der Waals surface area contributed by atoms with Crippen LogP contribution in [0.1, 0.15) is 29.7 Å². The summed E-state index contributed by atoms with van der Waals surface area (Å²) in [5, 5.41) is 0. The van der Waals surface area contributed by atoms with Crippen LogP contribution >= 0.6 is 0 Å². The third-order valence-corrected chi connectivity index (χ3v) is 3.93. The fraction of sp³-hybridized carbons (Fsp3) is 0.136. The predicted molar refractivity (Wildman–Crippen MR) is 99.6 cm³/mol. The van der Waals surface area contributed by atoms with Gasteiger partial charge < -0.3 is 4.74 Å². The van der Waals surface area contributed by atoms with Crippen LogP contribution in [-0.4, -0.2) is 6.21 Å². The summed E-state index contributed by atoms with van der Waals surface area (Å²) in [6.07, 6.45) is 1.83. The molecule has 0 saturated heterocycles. The number of ether oxygens (including phenoxy) is 1. The molecule has 0 aromatic heterocycles. The number of hydrogen-bond donors (Lipinski definition) is 0. The van der Waals surface area contributed by atoms with Crippen LogP contribution in [0.4, 0.5) is 4.39 Å². The molecule has 1 unspecified atom stereocenters. The zero-order valence-corrected chi connectivity index (χ0v) is 14.1. The third kappa shape index (κ3) is 5.01. The molecule has 3 rings (SSSR count). The zero-order valence-electron chi connectivity index (χ0n) is 14.1. The molecular weight excluding hydrogens is 313 g/mol. The van der Waals surface area contributed by atoms with E-state index in [2.05, 4.69) is 4.99 Å². The van der Waals surface area contributed by atoms with Crippen molar-refractivity contribution in [1.82, 2.24) is 0 Å². The van der Waals surface area contributed by atoms with Gasteiger partial charge >= 0.3 is 0 Å². The van der Waals surface area contributed by atoms with Crippen molar-refractivity contribution in [3.63, 3.8) is 0 Å². The first-order chi connectivity index (χ1) is 12.2. The molecule has 0 spiro atoms. The van der Waals surface area contributed by atoms with E-state index >= 15 is 0 Å². The first-order valence-electron chi connectivity index (χ1n) is 8.26. The monoisotopic (exact) mass is 333 g/mol. The van der Waals surface area contributed by atoms with Crippen molar-refractivity contribution in [2.75, 3.05) is 0 Å². The number of nitrogens with zero attached hydrogens (tertiary/aromatic N) is 1. The Bertz CT molecular complexity index is 811. The van der Waals surface area contributed by atoms with E-state index in [-0.39, 0.29) is 11.9 Å². The molecule has 0 saturated carbocycles. The van der Waals surface area contributed by atoms with Crippen molar-refractivity contribution in [2.24, 2.45) is 4.99 Å². The van der Waals surface area contributed by atoms with Crippen LogP contribution in [0.5, 0.6) is 5.75 Å².